The Morgan fingerprint density at radius 1 is 1.14 bits per heavy atom. The van der Waals surface area contributed by atoms with Gasteiger partial charge in [-0.1, -0.05) is 19.1 Å². The van der Waals surface area contributed by atoms with Crippen LogP contribution in [-0.4, -0.2) is 40.7 Å². The van der Waals surface area contributed by atoms with Crippen LogP contribution < -0.4 is 0 Å². The number of H-pyrrole nitrogens is 1. The maximum Gasteiger partial charge on any atom is 0.161 e. The molecule has 150 valence electrons. The van der Waals surface area contributed by atoms with E-state index < -0.39 is 0 Å². The predicted octanol–water partition coefficient (Wildman–Crippen LogP) is 3.44. The van der Waals surface area contributed by atoms with Crippen LogP contribution in [0.5, 0.6) is 0 Å². The molecule has 1 N–H and O–H groups in total. The van der Waals surface area contributed by atoms with Crippen molar-refractivity contribution >= 4 is 11.0 Å². The van der Waals surface area contributed by atoms with Crippen LogP contribution in [0.3, 0.4) is 0 Å². The monoisotopic (exact) mass is 389 g/mol. The third kappa shape index (κ3) is 3.25. The van der Waals surface area contributed by atoms with Crippen molar-refractivity contribution in [1.82, 2.24) is 34.2 Å². The Morgan fingerprint density at radius 3 is 2.79 bits per heavy atom. The van der Waals surface area contributed by atoms with Crippen molar-refractivity contribution in [2.24, 2.45) is 7.05 Å². The highest BCUT2D eigenvalue weighted by molar-refractivity contribution is 5.79. The number of aryl methyl sites for hydroxylation is 4. The van der Waals surface area contributed by atoms with E-state index in [9.17, 15) is 0 Å². The third-order valence-corrected chi connectivity index (χ3v) is 5.85. The minimum absolute atomic E-state index is 0.870. The van der Waals surface area contributed by atoms with Crippen LogP contribution in [0.15, 0.2) is 30.3 Å². The molecule has 0 unspecified atom stereocenters. The number of nitrogens with zero attached hydrogens (tertiary/aromatic N) is 6. The topological polar surface area (TPSA) is 67.6 Å². The lowest BCUT2D eigenvalue weighted by molar-refractivity contribution is 0.257. The Hall–Kier alpha value is -2.93. The van der Waals surface area contributed by atoms with E-state index in [-0.39, 0.29) is 0 Å². The molecule has 0 fully saturated rings. The van der Waals surface area contributed by atoms with Gasteiger partial charge in [-0.2, -0.15) is 5.10 Å². The van der Waals surface area contributed by atoms with Crippen molar-refractivity contribution < 1.29 is 0 Å². The summed E-state index contributed by atoms with van der Waals surface area (Å²) in [5, 5.41) is 4.90. The molecule has 0 amide bonds. The van der Waals surface area contributed by atoms with Crippen molar-refractivity contribution in [2.75, 3.05) is 6.54 Å². The SMILES string of the molecule is CCc1nc(CN2CCCn3nc(-c4nc5ccccc5n4C)cc3C2)c(C)[nH]1. The lowest BCUT2D eigenvalue weighted by Crippen LogP contribution is -2.23. The average molecular weight is 390 g/mol. The number of fused-ring (bicyclic) bond motifs is 2. The second kappa shape index (κ2) is 7.15. The van der Waals surface area contributed by atoms with E-state index in [0.29, 0.717) is 0 Å². The number of hydrogen-bond donors (Lipinski definition) is 1. The molecule has 4 heterocycles. The summed E-state index contributed by atoms with van der Waals surface area (Å²) in [4.78, 5) is 15.5. The van der Waals surface area contributed by atoms with Crippen LogP contribution >= 0.6 is 0 Å². The molecule has 0 saturated carbocycles. The number of rotatable bonds is 4. The number of hydrogen-bond acceptors (Lipinski definition) is 4. The second-order valence-electron chi connectivity index (χ2n) is 7.90. The standard InChI is InChI=1S/C22H27N7/c1-4-21-23-15(2)19(24-21)14-28-10-7-11-29-16(13-28)12-18(26-29)22-25-17-8-5-6-9-20(17)27(22)3/h5-6,8-9,12H,4,7,10-11,13-14H2,1-3H3,(H,23,24). The van der Waals surface area contributed by atoms with E-state index >= 15 is 0 Å². The first kappa shape index (κ1) is 18.1. The van der Waals surface area contributed by atoms with Crippen LogP contribution in [0, 0.1) is 6.92 Å². The summed E-state index contributed by atoms with van der Waals surface area (Å²) in [5.74, 6) is 2.00. The minimum Gasteiger partial charge on any atom is -0.346 e. The average Bonchev–Trinajstić information content (AvgIpc) is 3.34. The van der Waals surface area contributed by atoms with Gasteiger partial charge in [0.1, 0.15) is 11.5 Å². The van der Waals surface area contributed by atoms with Crippen LogP contribution in [0.1, 0.15) is 36.3 Å². The lowest BCUT2D eigenvalue weighted by atomic mass is 10.2. The molecule has 0 spiro atoms. The van der Waals surface area contributed by atoms with E-state index in [4.69, 9.17) is 15.1 Å². The highest BCUT2D eigenvalue weighted by atomic mass is 15.3. The van der Waals surface area contributed by atoms with Gasteiger partial charge in [0.2, 0.25) is 0 Å². The predicted molar refractivity (Wildman–Crippen MR) is 113 cm³/mol. The van der Waals surface area contributed by atoms with E-state index in [2.05, 4.69) is 64.3 Å². The molecule has 0 atom stereocenters. The van der Waals surface area contributed by atoms with E-state index in [1.807, 2.05) is 6.07 Å². The first-order chi connectivity index (χ1) is 14.1. The van der Waals surface area contributed by atoms with E-state index in [1.54, 1.807) is 0 Å². The van der Waals surface area contributed by atoms with Gasteiger partial charge in [0, 0.05) is 45.3 Å². The molecule has 0 radical (unpaired) electrons. The second-order valence-corrected chi connectivity index (χ2v) is 7.90. The first-order valence-corrected chi connectivity index (χ1v) is 10.4. The third-order valence-electron chi connectivity index (χ3n) is 5.85. The Bertz CT molecular complexity index is 1160. The highest BCUT2D eigenvalue weighted by Gasteiger charge is 2.21. The smallest absolute Gasteiger partial charge is 0.161 e. The Balaban J connectivity index is 1.43. The summed E-state index contributed by atoms with van der Waals surface area (Å²) in [5.41, 5.74) is 6.67. The molecule has 1 aromatic carbocycles. The van der Waals surface area contributed by atoms with Crippen molar-refractivity contribution in [1.29, 1.82) is 0 Å². The summed E-state index contributed by atoms with van der Waals surface area (Å²) in [7, 11) is 2.06. The molecule has 29 heavy (non-hydrogen) atoms. The molecule has 0 aliphatic carbocycles. The van der Waals surface area contributed by atoms with Crippen molar-refractivity contribution in [3.05, 3.63) is 53.2 Å². The van der Waals surface area contributed by atoms with Gasteiger partial charge in [-0.05, 0) is 31.5 Å². The van der Waals surface area contributed by atoms with Crippen LogP contribution in [0.25, 0.3) is 22.6 Å². The summed E-state index contributed by atoms with van der Waals surface area (Å²) in [6, 6.07) is 10.4. The molecule has 3 aromatic heterocycles. The van der Waals surface area contributed by atoms with E-state index in [1.165, 1.54) is 11.4 Å². The van der Waals surface area contributed by atoms with Crippen molar-refractivity contribution in [3.63, 3.8) is 0 Å². The minimum atomic E-state index is 0.870. The van der Waals surface area contributed by atoms with Gasteiger partial charge in [0.05, 0.1) is 22.4 Å². The Labute approximate surface area is 170 Å². The van der Waals surface area contributed by atoms with Crippen LogP contribution in [0.2, 0.25) is 0 Å². The molecule has 1 aliphatic rings. The number of aromatic amines is 1. The normalized spacial score (nSPS) is 15.0. The largest absolute Gasteiger partial charge is 0.346 e. The van der Waals surface area contributed by atoms with Gasteiger partial charge in [-0.3, -0.25) is 9.58 Å². The quantitative estimate of drug-likeness (QED) is 0.581. The number of aromatic nitrogens is 6. The summed E-state index contributed by atoms with van der Waals surface area (Å²) < 4.78 is 4.29. The molecule has 1 aliphatic heterocycles. The zero-order chi connectivity index (χ0) is 20.0. The number of imidazole rings is 2. The van der Waals surface area contributed by atoms with E-state index in [0.717, 1.165) is 73.1 Å². The fourth-order valence-corrected chi connectivity index (χ4v) is 4.24. The number of nitrogens with one attached hydrogen (secondary N) is 1. The fraction of sp³-hybridized carbons (Fsp3) is 0.409. The number of para-hydroxylation sites is 2. The molecule has 0 saturated heterocycles. The van der Waals surface area contributed by atoms with Gasteiger partial charge in [0.15, 0.2) is 5.82 Å². The highest BCUT2D eigenvalue weighted by Crippen LogP contribution is 2.25. The summed E-state index contributed by atoms with van der Waals surface area (Å²) in [6.07, 6.45) is 2.02. The Morgan fingerprint density at radius 2 is 2.00 bits per heavy atom. The lowest BCUT2D eigenvalue weighted by Gasteiger charge is -2.18. The maximum atomic E-state index is 4.90. The zero-order valence-electron chi connectivity index (χ0n) is 17.3. The fourth-order valence-electron chi connectivity index (χ4n) is 4.24. The Kier molecular flexibility index (Phi) is 4.47. The van der Waals surface area contributed by atoms with Gasteiger partial charge < -0.3 is 9.55 Å². The van der Waals surface area contributed by atoms with Crippen LogP contribution in [0.4, 0.5) is 0 Å². The van der Waals surface area contributed by atoms with Gasteiger partial charge in [-0.25, -0.2) is 9.97 Å². The molecular formula is C22H27N7. The van der Waals surface area contributed by atoms with Gasteiger partial charge in [0.25, 0.3) is 0 Å². The van der Waals surface area contributed by atoms with Gasteiger partial charge in [-0.15, -0.1) is 0 Å². The van der Waals surface area contributed by atoms with Crippen molar-refractivity contribution in [3.8, 4) is 11.5 Å². The zero-order valence-corrected chi connectivity index (χ0v) is 17.3. The van der Waals surface area contributed by atoms with Crippen LogP contribution in [-0.2, 0) is 33.1 Å². The maximum absolute atomic E-state index is 4.90. The number of benzene rings is 1. The summed E-state index contributed by atoms with van der Waals surface area (Å²) >= 11 is 0. The molecular weight excluding hydrogens is 362 g/mol. The molecule has 7 nitrogen and oxygen atoms in total. The molecule has 0 bridgehead atoms. The first-order valence-electron chi connectivity index (χ1n) is 10.4. The van der Waals surface area contributed by atoms with Gasteiger partial charge >= 0.3 is 0 Å². The molecule has 5 rings (SSSR count). The molecule has 4 aromatic rings. The van der Waals surface area contributed by atoms with Crippen molar-refractivity contribution in [2.45, 2.75) is 46.3 Å². The summed E-state index contributed by atoms with van der Waals surface area (Å²) in [6.45, 7) is 8.00. The molecule has 7 heteroatoms.